The van der Waals surface area contributed by atoms with E-state index in [2.05, 4.69) is 30.7 Å². The van der Waals surface area contributed by atoms with Crippen LogP contribution < -0.4 is 10.6 Å². The van der Waals surface area contributed by atoms with Gasteiger partial charge in [0.15, 0.2) is 5.82 Å². The third kappa shape index (κ3) is 3.08. The smallest absolute Gasteiger partial charge is 0.243 e. The second-order valence-electron chi connectivity index (χ2n) is 5.48. The Labute approximate surface area is 141 Å². The standard InChI is InChI=1S/C15H16N6O2S/c22-15(14-13-10(3-4-16-14)18-8-19-13)17-7-11-20-12(23-21-11)6-9-2-1-5-24-9/h1-2,5,8,14,16H,3-4,6-7H2,(H,17,22)(H,18,19)/t14-/m1/s1. The number of aromatic nitrogens is 4. The molecular weight excluding hydrogens is 328 g/mol. The van der Waals surface area contributed by atoms with Crippen LogP contribution in [0.5, 0.6) is 0 Å². The average molecular weight is 344 g/mol. The Kier molecular flexibility index (Phi) is 4.09. The van der Waals surface area contributed by atoms with Crippen molar-refractivity contribution in [2.24, 2.45) is 0 Å². The number of fused-ring (bicyclic) bond motifs is 1. The zero-order valence-corrected chi connectivity index (χ0v) is 13.6. The molecule has 0 aliphatic carbocycles. The fourth-order valence-electron chi connectivity index (χ4n) is 2.70. The SMILES string of the molecule is O=C(NCc1noc(Cc2cccs2)n1)[C@@H]1NCCc2[nH]cnc21. The fourth-order valence-corrected chi connectivity index (χ4v) is 3.40. The average Bonchev–Trinajstić information content (AvgIpc) is 3.34. The first kappa shape index (κ1) is 15.0. The first-order chi connectivity index (χ1) is 11.8. The number of amides is 1. The Morgan fingerprint density at radius 3 is 3.33 bits per heavy atom. The van der Waals surface area contributed by atoms with Gasteiger partial charge in [0.05, 0.1) is 25.0 Å². The number of carbonyl (C=O) groups is 1. The molecule has 0 unspecified atom stereocenters. The lowest BCUT2D eigenvalue weighted by atomic mass is 10.1. The van der Waals surface area contributed by atoms with Gasteiger partial charge in [-0.1, -0.05) is 11.2 Å². The van der Waals surface area contributed by atoms with Crippen LogP contribution in [0.4, 0.5) is 0 Å². The lowest BCUT2D eigenvalue weighted by molar-refractivity contribution is -0.123. The second-order valence-corrected chi connectivity index (χ2v) is 6.51. The van der Waals surface area contributed by atoms with Crippen molar-refractivity contribution in [3.8, 4) is 0 Å². The molecule has 3 aromatic heterocycles. The maximum absolute atomic E-state index is 12.4. The van der Waals surface area contributed by atoms with E-state index >= 15 is 0 Å². The summed E-state index contributed by atoms with van der Waals surface area (Å²) in [4.78, 5) is 25.2. The van der Waals surface area contributed by atoms with Gasteiger partial charge in [-0.2, -0.15) is 4.98 Å². The summed E-state index contributed by atoms with van der Waals surface area (Å²) in [6.07, 6.45) is 3.07. The first-order valence-corrected chi connectivity index (χ1v) is 8.54. The van der Waals surface area contributed by atoms with Gasteiger partial charge in [-0.05, 0) is 11.4 Å². The van der Waals surface area contributed by atoms with Crippen molar-refractivity contribution in [2.75, 3.05) is 6.54 Å². The summed E-state index contributed by atoms with van der Waals surface area (Å²) in [7, 11) is 0. The van der Waals surface area contributed by atoms with Crippen LogP contribution in [0.3, 0.4) is 0 Å². The van der Waals surface area contributed by atoms with E-state index in [0.717, 1.165) is 29.2 Å². The molecule has 8 nitrogen and oxygen atoms in total. The Bertz CT molecular complexity index is 825. The van der Waals surface area contributed by atoms with Gasteiger partial charge in [-0.25, -0.2) is 4.98 Å². The van der Waals surface area contributed by atoms with Crippen molar-refractivity contribution >= 4 is 17.2 Å². The summed E-state index contributed by atoms with van der Waals surface area (Å²) in [5.41, 5.74) is 1.76. The lowest BCUT2D eigenvalue weighted by Gasteiger charge is -2.21. The quantitative estimate of drug-likeness (QED) is 0.636. The van der Waals surface area contributed by atoms with Crippen LogP contribution in [0.15, 0.2) is 28.4 Å². The zero-order chi connectivity index (χ0) is 16.4. The maximum atomic E-state index is 12.4. The second kappa shape index (κ2) is 6.54. The summed E-state index contributed by atoms with van der Waals surface area (Å²) < 4.78 is 5.22. The molecule has 3 N–H and O–H groups in total. The number of imidazole rings is 1. The minimum absolute atomic E-state index is 0.146. The van der Waals surface area contributed by atoms with Gasteiger partial charge in [0.2, 0.25) is 11.8 Å². The van der Waals surface area contributed by atoms with E-state index in [-0.39, 0.29) is 12.5 Å². The summed E-state index contributed by atoms with van der Waals surface area (Å²) in [6, 6.07) is 3.56. The molecule has 1 atom stereocenters. The summed E-state index contributed by atoms with van der Waals surface area (Å²) in [6.45, 7) is 0.963. The van der Waals surface area contributed by atoms with Gasteiger partial charge in [0.1, 0.15) is 6.04 Å². The van der Waals surface area contributed by atoms with Crippen molar-refractivity contribution < 1.29 is 9.32 Å². The zero-order valence-electron chi connectivity index (χ0n) is 12.8. The van der Waals surface area contributed by atoms with Crippen molar-refractivity contribution in [1.29, 1.82) is 0 Å². The molecule has 1 aliphatic rings. The number of aromatic amines is 1. The van der Waals surface area contributed by atoms with Crippen LogP contribution in [0.2, 0.25) is 0 Å². The third-order valence-electron chi connectivity index (χ3n) is 3.85. The number of nitrogens with one attached hydrogen (secondary N) is 3. The highest BCUT2D eigenvalue weighted by Crippen LogP contribution is 2.19. The highest BCUT2D eigenvalue weighted by molar-refractivity contribution is 7.09. The molecule has 1 amide bonds. The van der Waals surface area contributed by atoms with Crippen LogP contribution in [-0.2, 0) is 24.2 Å². The first-order valence-electron chi connectivity index (χ1n) is 7.66. The van der Waals surface area contributed by atoms with Crippen molar-refractivity contribution in [1.82, 2.24) is 30.7 Å². The predicted octanol–water partition coefficient (Wildman–Crippen LogP) is 0.948. The van der Waals surface area contributed by atoms with Crippen LogP contribution >= 0.6 is 11.3 Å². The molecule has 124 valence electrons. The number of rotatable bonds is 5. The summed E-state index contributed by atoms with van der Waals surface area (Å²) in [5, 5.41) is 11.9. The van der Waals surface area contributed by atoms with E-state index < -0.39 is 6.04 Å². The molecule has 0 saturated carbocycles. The normalized spacial score (nSPS) is 16.8. The topological polar surface area (TPSA) is 109 Å². The molecule has 4 rings (SSSR count). The van der Waals surface area contributed by atoms with Crippen molar-refractivity contribution in [2.45, 2.75) is 25.4 Å². The van der Waals surface area contributed by atoms with Crippen LogP contribution in [0.1, 0.15) is 34.0 Å². The third-order valence-corrected chi connectivity index (χ3v) is 4.72. The molecule has 0 saturated heterocycles. The highest BCUT2D eigenvalue weighted by Gasteiger charge is 2.28. The molecule has 3 aromatic rings. The molecule has 9 heteroatoms. The van der Waals surface area contributed by atoms with Crippen LogP contribution in [-0.4, -0.2) is 32.6 Å². The molecule has 0 spiro atoms. The predicted molar refractivity (Wildman–Crippen MR) is 86.3 cm³/mol. The number of thiophene rings is 1. The van der Waals surface area contributed by atoms with E-state index in [1.165, 1.54) is 0 Å². The minimum Gasteiger partial charge on any atom is -0.348 e. The Hall–Kier alpha value is -2.52. The largest absolute Gasteiger partial charge is 0.348 e. The van der Waals surface area contributed by atoms with Gasteiger partial charge in [0, 0.05) is 23.5 Å². The number of H-pyrrole nitrogens is 1. The number of nitrogens with zero attached hydrogens (tertiary/aromatic N) is 3. The van der Waals surface area contributed by atoms with E-state index in [0.29, 0.717) is 18.1 Å². The van der Waals surface area contributed by atoms with E-state index in [9.17, 15) is 4.79 Å². The van der Waals surface area contributed by atoms with Gasteiger partial charge in [-0.15, -0.1) is 11.3 Å². The fraction of sp³-hybridized carbons (Fsp3) is 0.333. The molecule has 0 fully saturated rings. The van der Waals surface area contributed by atoms with Crippen molar-refractivity contribution in [3.05, 3.63) is 51.8 Å². The molecule has 24 heavy (non-hydrogen) atoms. The molecule has 0 bridgehead atoms. The van der Waals surface area contributed by atoms with E-state index in [1.807, 2.05) is 17.5 Å². The number of carbonyl (C=O) groups excluding carboxylic acids is 1. The van der Waals surface area contributed by atoms with Gasteiger partial charge in [-0.3, -0.25) is 4.79 Å². The lowest BCUT2D eigenvalue weighted by Crippen LogP contribution is -2.41. The van der Waals surface area contributed by atoms with Gasteiger partial charge >= 0.3 is 0 Å². The molecule has 4 heterocycles. The molecule has 1 aliphatic heterocycles. The Balaban J connectivity index is 1.36. The monoisotopic (exact) mass is 344 g/mol. The van der Waals surface area contributed by atoms with Crippen LogP contribution in [0.25, 0.3) is 0 Å². The Morgan fingerprint density at radius 1 is 1.50 bits per heavy atom. The van der Waals surface area contributed by atoms with Crippen molar-refractivity contribution in [3.63, 3.8) is 0 Å². The molecular formula is C15H16N6O2S. The minimum atomic E-state index is -0.447. The van der Waals surface area contributed by atoms with E-state index in [1.54, 1.807) is 17.7 Å². The summed E-state index contributed by atoms with van der Waals surface area (Å²) >= 11 is 1.64. The Morgan fingerprint density at radius 2 is 2.46 bits per heavy atom. The highest BCUT2D eigenvalue weighted by atomic mass is 32.1. The summed E-state index contributed by atoms with van der Waals surface area (Å²) in [5.74, 6) is 0.868. The number of hydrogen-bond acceptors (Lipinski definition) is 7. The number of hydrogen-bond donors (Lipinski definition) is 3. The van der Waals surface area contributed by atoms with Crippen LogP contribution in [0, 0.1) is 0 Å². The van der Waals surface area contributed by atoms with Gasteiger partial charge in [0.25, 0.3) is 0 Å². The molecule has 0 aromatic carbocycles. The van der Waals surface area contributed by atoms with Gasteiger partial charge < -0.3 is 20.1 Å². The molecule has 0 radical (unpaired) electrons. The van der Waals surface area contributed by atoms with E-state index in [4.69, 9.17) is 4.52 Å². The maximum Gasteiger partial charge on any atom is 0.243 e.